The number of rotatable bonds is 6. The summed E-state index contributed by atoms with van der Waals surface area (Å²) in [5.74, 6) is 1.34. The highest BCUT2D eigenvalue weighted by Crippen LogP contribution is 2.45. The summed E-state index contributed by atoms with van der Waals surface area (Å²) >= 11 is 0. The molecule has 3 amide bonds. The molecule has 0 spiro atoms. The fourth-order valence-corrected chi connectivity index (χ4v) is 8.39. The van der Waals surface area contributed by atoms with Gasteiger partial charge in [-0.3, -0.25) is 14.7 Å². The van der Waals surface area contributed by atoms with Crippen LogP contribution in [0.5, 0.6) is 5.75 Å². The van der Waals surface area contributed by atoms with Gasteiger partial charge in [-0.05, 0) is 110 Å². The number of aliphatic imine (C=N–C) groups is 1. The molecule has 282 valence electrons. The van der Waals surface area contributed by atoms with Gasteiger partial charge in [0.15, 0.2) is 0 Å². The molecule has 2 fully saturated rings. The molecule has 2 saturated heterocycles. The van der Waals surface area contributed by atoms with Crippen LogP contribution in [0, 0.1) is 5.92 Å². The highest BCUT2D eigenvalue weighted by Gasteiger charge is 2.39. The molecular weight excluding hydrogens is 684 g/mol. The fourth-order valence-electron chi connectivity index (χ4n) is 8.39. The molecule has 5 heterocycles. The number of amides is 3. The number of likely N-dealkylation sites (tertiary alicyclic amines) is 2. The van der Waals surface area contributed by atoms with Gasteiger partial charge in [0.25, 0.3) is 0 Å². The second-order valence-corrected chi connectivity index (χ2v) is 16.1. The van der Waals surface area contributed by atoms with Crippen LogP contribution < -0.4 is 10.1 Å². The number of benzene rings is 3. The van der Waals surface area contributed by atoms with Gasteiger partial charge in [-0.2, -0.15) is 0 Å². The number of aromatic nitrogens is 2. The molecule has 54 heavy (non-hydrogen) atoms. The second kappa shape index (κ2) is 13.8. The summed E-state index contributed by atoms with van der Waals surface area (Å²) in [4.78, 5) is 55.6. The molecule has 4 aliphatic rings. The number of carbonyl (C=O) groups is 3. The van der Waals surface area contributed by atoms with E-state index in [2.05, 4.69) is 52.8 Å². The van der Waals surface area contributed by atoms with Crippen molar-refractivity contribution < 1.29 is 28.6 Å². The van der Waals surface area contributed by atoms with E-state index in [0.29, 0.717) is 26.1 Å². The Hall–Kier alpha value is -5.39. The van der Waals surface area contributed by atoms with Gasteiger partial charge in [0, 0.05) is 30.8 Å². The van der Waals surface area contributed by atoms with Crippen LogP contribution in [0.3, 0.4) is 0 Å². The molecule has 12 nitrogen and oxygen atoms in total. The number of alkyl carbamates (subject to hydrolysis) is 1. The van der Waals surface area contributed by atoms with Crippen LogP contribution in [-0.2, 0) is 27.3 Å². The Balaban J connectivity index is 1.01. The van der Waals surface area contributed by atoms with E-state index in [4.69, 9.17) is 24.2 Å². The van der Waals surface area contributed by atoms with Gasteiger partial charge in [0.2, 0.25) is 5.91 Å². The first-order valence-corrected chi connectivity index (χ1v) is 19.0. The lowest BCUT2D eigenvalue weighted by molar-refractivity contribution is -0.135. The molecule has 0 radical (unpaired) electrons. The highest BCUT2D eigenvalue weighted by molar-refractivity contribution is 6.06. The predicted octanol–water partition coefficient (Wildman–Crippen LogP) is 7.86. The van der Waals surface area contributed by atoms with Crippen molar-refractivity contribution in [1.82, 2.24) is 25.1 Å². The topological polar surface area (TPSA) is 138 Å². The van der Waals surface area contributed by atoms with E-state index < -0.39 is 17.7 Å². The van der Waals surface area contributed by atoms with Crippen LogP contribution in [0.4, 0.5) is 15.3 Å². The van der Waals surface area contributed by atoms with E-state index in [1.54, 1.807) is 0 Å². The molecule has 3 aromatic carbocycles. The molecule has 4 aromatic rings. The smallest absolute Gasteiger partial charge is 0.410 e. The maximum atomic E-state index is 13.6. The largest absolute Gasteiger partial charge is 0.488 e. The number of imidazole rings is 1. The lowest BCUT2D eigenvalue weighted by Crippen LogP contribution is -2.51. The second-order valence-electron chi connectivity index (χ2n) is 16.1. The zero-order valence-corrected chi connectivity index (χ0v) is 31.8. The van der Waals surface area contributed by atoms with Crippen LogP contribution in [0.15, 0.2) is 53.7 Å². The van der Waals surface area contributed by atoms with Gasteiger partial charge >= 0.3 is 12.2 Å². The molecule has 4 aliphatic heterocycles. The molecule has 0 aliphatic carbocycles. The summed E-state index contributed by atoms with van der Waals surface area (Å²) in [5, 5.41) is 4.95. The number of nitrogens with one attached hydrogen (secondary N) is 2. The van der Waals surface area contributed by atoms with E-state index in [-0.39, 0.29) is 30.0 Å². The third-order valence-electron chi connectivity index (χ3n) is 11.0. The zero-order chi connectivity index (χ0) is 37.9. The summed E-state index contributed by atoms with van der Waals surface area (Å²) in [6, 6.07) is 14.0. The van der Waals surface area contributed by atoms with Crippen LogP contribution in [-0.4, -0.2) is 81.5 Å². The number of carbonyl (C=O) groups excluding carboxylic acids is 3. The lowest BCUT2D eigenvalue weighted by Gasteiger charge is -2.30. The minimum absolute atomic E-state index is 0.0599. The first kappa shape index (κ1) is 35.6. The maximum Gasteiger partial charge on any atom is 0.410 e. The summed E-state index contributed by atoms with van der Waals surface area (Å²) < 4.78 is 16.9. The van der Waals surface area contributed by atoms with Crippen molar-refractivity contribution in [3.8, 4) is 28.1 Å². The van der Waals surface area contributed by atoms with Crippen LogP contribution >= 0.6 is 0 Å². The van der Waals surface area contributed by atoms with Gasteiger partial charge in [-0.15, -0.1) is 0 Å². The van der Waals surface area contributed by atoms with Gasteiger partial charge in [-0.1, -0.05) is 32.0 Å². The van der Waals surface area contributed by atoms with Crippen molar-refractivity contribution in [2.24, 2.45) is 10.9 Å². The average molecular weight is 733 g/mol. The van der Waals surface area contributed by atoms with Gasteiger partial charge in [-0.25, -0.2) is 14.6 Å². The minimum atomic E-state index is -0.687. The van der Waals surface area contributed by atoms with Crippen molar-refractivity contribution in [1.29, 1.82) is 0 Å². The lowest BCUT2D eigenvalue weighted by atomic mass is 9.91. The quantitative estimate of drug-likeness (QED) is 0.206. The number of ether oxygens (including phenoxy) is 3. The molecule has 2 N–H and O–H groups in total. The Morgan fingerprint density at radius 2 is 1.76 bits per heavy atom. The molecule has 0 unspecified atom stereocenters. The van der Waals surface area contributed by atoms with Crippen LogP contribution in [0.2, 0.25) is 0 Å². The number of hydrogen-bond acceptors (Lipinski definition) is 8. The number of hydrogen-bond donors (Lipinski definition) is 2. The summed E-state index contributed by atoms with van der Waals surface area (Å²) in [7, 11) is 1.30. The first-order valence-electron chi connectivity index (χ1n) is 19.0. The van der Waals surface area contributed by atoms with Crippen LogP contribution in [0.25, 0.3) is 33.2 Å². The van der Waals surface area contributed by atoms with E-state index in [0.717, 1.165) is 87.4 Å². The molecule has 0 saturated carbocycles. The number of H-pyrrole nitrogens is 1. The van der Waals surface area contributed by atoms with Crippen molar-refractivity contribution >= 4 is 40.3 Å². The number of fused-ring (bicyclic) bond motifs is 6. The monoisotopic (exact) mass is 732 g/mol. The van der Waals surface area contributed by atoms with E-state index >= 15 is 0 Å². The fraction of sp³-hybridized carbons (Fsp3) is 0.452. The SMILES string of the molecule is COC(=O)N[C@H](C(=O)N1CCC[C@H]1c1ncc(-c2ccc3c(c2)COc2cc4c5c(ccc4cc2-3)N=C([C@@H]2CCCN2C(=O)OC(C)(C)C)C5)[nH]1)C(C)C. The third kappa shape index (κ3) is 6.56. The summed E-state index contributed by atoms with van der Waals surface area (Å²) in [6.45, 7) is 11.2. The van der Waals surface area contributed by atoms with Gasteiger partial charge in [0.05, 0.1) is 36.8 Å². The number of methoxy groups -OCH3 is 1. The van der Waals surface area contributed by atoms with Crippen molar-refractivity contribution in [2.75, 3.05) is 20.2 Å². The normalized spacial score (nSPS) is 19.6. The summed E-state index contributed by atoms with van der Waals surface area (Å²) in [5.41, 5.74) is 7.70. The molecule has 12 heteroatoms. The Bertz CT molecular complexity index is 2180. The Morgan fingerprint density at radius 1 is 0.981 bits per heavy atom. The predicted molar refractivity (Wildman–Crippen MR) is 206 cm³/mol. The van der Waals surface area contributed by atoms with Gasteiger partial charge in [0.1, 0.15) is 29.8 Å². The Morgan fingerprint density at radius 3 is 2.52 bits per heavy atom. The van der Waals surface area contributed by atoms with Gasteiger partial charge < -0.3 is 29.4 Å². The molecular formula is C42H48N6O6. The van der Waals surface area contributed by atoms with E-state index in [1.807, 2.05) is 50.6 Å². The maximum absolute atomic E-state index is 13.6. The molecule has 1 aromatic heterocycles. The third-order valence-corrected chi connectivity index (χ3v) is 11.0. The Labute approximate surface area is 315 Å². The van der Waals surface area contributed by atoms with Crippen molar-refractivity contribution in [2.45, 2.75) is 97.1 Å². The Kier molecular flexibility index (Phi) is 9.10. The minimum Gasteiger partial charge on any atom is -0.488 e. The van der Waals surface area contributed by atoms with E-state index in [9.17, 15) is 14.4 Å². The van der Waals surface area contributed by atoms with Crippen molar-refractivity contribution in [3.05, 3.63) is 65.6 Å². The summed E-state index contributed by atoms with van der Waals surface area (Å²) in [6.07, 6.45) is 5.07. The molecule has 0 bridgehead atoms. The number of aromatic amines is 1. The zero-order valence-electron chi connectivity index (χ0n) is 31.8. The standard InChI is InChI=1S/C42H48N6O6/c1-23(2)37(46-40(50)52-6)39(49)47-15-8-10-35(47)38-43-21-33(45-38)25-11-13-27-26(17-25)22-53-36-20-28-24(18-30(27)36)12-14-31-29(28)19-32(44-31)34-9-7-16-48(34)41(51)54-42(3,4)5/h11-14,17-18,20-21,23,34-35,37H,7-10,15-16,19,22H2,1-6H3,(H,43,45)(H,46,50)/t34-,35-,37-/m0/s1. The van der Waals surface area contributed by atoms with Crippen LogP contribution in [0.1, 0.15) is 83.3 Å². The molecule has 8 rings (SSSR count). The first-order chi connectivity index (χ1) is 25.9. The highest BCUT2D eigenvalue weighted by atomic mass is 16.6. The number of nitrogens with zero attached hydrogens (tertiary/aromatic N) is 4. The van der Waals surface area contributed by atoms with E-state index in [1.165, 1.54) is 12.7 Å². The molecule has 3 atom stereocenters. The average Bonchev–Trinajstić information content (AvgIpc) is 3.97. The van der Waals surface area contributed by atoms with Crippen molar-refractivity contribution in [3.63, 3.8) is 0 Å².